The maximum Gasteiger partial charge on any atom is 0.226 e. The second-order valence-corrected chi connectivity index (χ2v) is 12.6. The molecule has 1 fully saturated rings. The van der Waals surface area contributed by atoms with Crippen LogP contribution in [0.4, 0.5) is 8.78 Å². The first-order valence-corrected chi connectivity index (χ1v) is 16.1. The van der Waals surface area contributed by atoms with Crippen molar-refractivity contribution in [2.45, 2.75) is 50.6 Å². The highest BCUT2D eigenvalue weighted by Gasteiger charge is 2.45. The molecule has 1 heterocycles. The Morgan fingerprint density at radius 1 is 0.667 bits per heavy atom. The van der Waals surface area contributed by atoms with E-state index in [4.69, 9.17) is 0 Å². The SMILES string of the molecule is CN(CCc1ccccc1)C(CC1(CC(c2ccc(F)cc2)N(C)CCc2ccccc2)CCCNC1=O)c1ccc(F)cc1. The second-order valence-electron chi connectivity index (χ2n) is 12.6. The van der Waals surface area contributed by atoms with Crippen LogP contribution in [-0.2, 0) is 17.6 Å². The predicted octanol–water partition coefficient (Wildman–Crippen LogP) is 7.77. The molecular weight excluding hydrogens is 564 g/mol. The van der Waals surface area contributed by atoms with Crippen LogP contribution in [0, 0.1) is 17.0 Å². The second kappa shape index (κ2) is 15.4. The van der Waals surface area contributed by atoms with Gasteiger partial charge in [-0.05, 0) is 99.1 Å². The molecule has 5 rings (SSSR count). The fraction of sp³-hybridized carbons (Fsp3) is 0.359. The van der Waals surface area contributed by atoms with E-state index < -0.39 is 5.41 Å². The van der Waals surface area contributed by atoms with Crippen LogP contribution in [-0.4, -0.2) is 49.4 Å². The van der Waals surface area contributed by atoms with Gasteiger partial charge in [-0.1, -0.05) is 84.9 Å². The number of carbonyl (C=O) groups is 1. The molecule has 1 N–H and O–H groups in total. The van der Waals surface area contributed by atoms with E-state index in [1.54, 1.807) is 0 Å². The van der Waals surface area contributed by atoms with Crippen LogP contribution in [0.1, 0.15) is 60.0 Å². The monoisotopic (exact) mass is 609 g/mol. The lowest BCUT2D eigenvalue weighted by atomic mass is 9.68. The molecule has 0 saturated carbocycles. The molecule has 0 radical (unpaired) electrons. The lowest BCUT2D eigenvalue weighted by Gasteiger charge is -2.44. The number of likely N-dealkylation sites (N-methyl/N-ethyl adjacent to an activating group) is 2. The summed E-state index contributed by atoms with van der Waals surface area (Å²) in [7, 11) is 4.21. The fourth-order valence-electron chi connectivity index (χ4n) is 6.78. The Balaban J connectivity index is 1.46. The fourth-order valence-corrected chi connectivity index (χ4v) is 6.78. The lowest BCUT2D eigenvalue weighted by Crippen LogP contribution is -2.49. The average Bonchev–Trinajstić information content (AvgIpc) is 3.07. The number of nitrogens with one attached hydrogen (secondary N) is 1. The smallest absolute Gasteiger partial charge is 0.226 e. The molecule has 0 spiro atoms. The zero-order valence-corrected chi connectivity index (χ0v) is 26.5. The van der Waals surface area contributed by atoms with Gasteiger partial charge in [0.1, 0.15) is 11.6 Å². The molecule has 0 bridgehead atoms. The molecule has 236 valence electrons. The van der Waals surface area contributed by atoms with E-state index in [0.717, 1.165) is 49.9 Å². The van der Waals surface area contributed by atoms with Crippen molar-refractivity contribution in [2.75, 3.05) is 33.7 Å². The Kier molecular flexibility index (Phi) is 11.1. The van der Waals surface area contributed by atoms with Gasteiger partial charge in [-0.15, -0.1) is 0 Å². The van der Waals surface area contributed by atoms with Crippen LogP contribution >= 0.6 is 0 Å². The van der Waals surface area contributed by atoms with Gasteiger partial charge >= 0.3 is 0 Å². The largest absolute Gasteiger partial charge is 0.356 e. The molecular formula is C39H45F2N3O. The van der Waals surface area contributed by atoms with Crippen LogP contribution < -0.4 is 5.32 Å². The Morgan fingerprint density at radius 3 is 1.49 bits per heavy atom. The number of halogens is 2. The number of amides is 1. The van der Waals surface area contributed by atoms with Gasteiger partial charge in [-0.3, -0.25) is 14.6 Å². The highest BCUT2D eigenvalue weighted by atomic mass is 19.1. The van der Waals surface area contributed by atoms with Crippen molar-refractivity contribution in [1.29, 1.82) is 0 Å². The van der Waals surface area contributed by atoms with Gasteiger partial charge in [0.2, 0.25) is 5.91 Å². The highest BCUT2D eigenvalue weighted by molar-refractivity contribution is 5.83. The third-order valence-corrected chi connectivity index (χ3v) is 9.53. The summed E-state index contributed by atoms with van der Waals surface area (Å²) < 4.78 is 28.2. The molecule has 45 heavy (non-hydrogen) atoms. The third kappa shape index (κ3) is 8.65. The quantitative estimate of drug-likeness (QED) is 0.159. The Labute approximate surface area is 267 Å². The average molecular weight is 610 g/mol. The highest BCUT2D eigenvalue weighted by Crippen LogP contribution is 2.46. The molecule has 4 nitrogen and oxygen atoms in total. The Morgan fingerprint density at radius 2 is 1.09 bits per heavy atom. The van der Waals surface area contributed by atoms with Gasteiger partial charge < -0.3 is 5.32 Å². The van der Waals surface area contributed by atoms with Gasteiger partial charge in [0, 0.05) is 31.7 Å². The van der Waals surface area contributed by atoms with E-state index in [1.165, 1.54) is 35.4 Å². The van der Waals surface area contributed by atoms with E-state index in [-0.39, 0.29) is 29.6 Å². The molecule has 2 unspecified atom stereocenters. The topological polar surface area (TPSA) is 35.6 Å². The van der Waals surface area contributed by atoms with Crippen LogP contribution in [0.3, 0.4) is 0 Å². The van der Waals surface area contributed by atoms with Crippen molar-refractivity contribution in [2.24, 2.45) is 5.41 Å². The van der Waals surface area contributed by atoms with Crippen molar-refractivity contribution in [3.8, 4) is 0 Å². The van der Waals surface area contributed by atoms with E-state index >= 15 is 0 Å². The number of carbonyl (C=O) groups excluding carboxylic acids is 1. The van der Waals surface area contributed by atoms with Crippen LogP contribution in [0.15, 0.2) is 109 Å². The molecule has 6 heteroatoms. The summed E-state index contributed by atoms with van der Waals surface area (Å²) >= 11 is 0. The summed E-state index contributed by atoms with van der Waals surface area (Å²) in [5, 5.41) is 3.20. The summed E-state index contributed by atoms with van der Waals surface area (Å²) in [6.45, 7) is 2.25. The minimum Gasteiger partial charge on any atom is -0.356 e. The minimum absolute atomic E-state index is 0.0703. The normalized spacial score (nSPS) is 18.1. The Bertz CT molecular complexity index is 1380. The van der Waals surface area contributed by atoms with E-state index in [2.05, 4.69) is 77.7 Å². The zero-order valence-electron chi connectivity index (χ0n) is 26.5. The summed E-state index contributed by atoms with van der Waals surface area (Å²) in [4.78, 5) is 18.7. The third-order valence-electron chi connectivity index (χ3n) is 9.53. The maximum absolute atomic E-state index is 14.1. The number of benzene rings is 4. The van der Waals surface area contributed by atoms with Gasteiger partial charge in [-0.25, -0.2) is 8.78 Å². The standard InChI is InChI=1S/C39H45F2N3O/c1-43(26-22-30-10-5-3-6-11-30)36(32-14-18-34(40)19-15-32)28-39(24-9-25-42-38(39)45)29-37(33-16-20-35(41)21-17-33)44(2)27-23-31-12-7-4-8-13-31/h3-8,10-21,36-37H,9,22-29H2,1-2H3,(H,42,45). The number of hydrogen-bond acceptors (Lipinski definition) is 3. The molecule has 1 saturated heterocycles. The maximum atomic E-state index is 14.1. The van der Waals surface area contributed by atoms with Gasteiger partial charge in [0.15, 0.2) is 0 Å². The summed E-state index contributed by atoms with van der Waals surface area (Å²) in [5.74, 6) is -0.474. The van der Waals surface area contributed by atoms with Crippen molar-refractivity contribution >= 4 is 5.91 Å². The van der Waals surface area contributed by atoms with E-state index in [0.29, 0.717) is 19.4 Å². The van der Waals surface area contributed by atoms with Crippen LogP contribution in [0.2, 0.25) is 0 Å². The number of hydrogen-bond donors (Lipinski definition) is 1. The molecule has 0 aliphatic carbocycles. The van der Waals surface area contributed by atoms with Crippen molar-refractivity contribution in [3.05, 3.63) is 143 Å². The van der Waals surface area contributed by atoms with Crippen LogP contribution in [0.5, 0.6) is 0 Å². The van der Waals surface area contributed by atoms with Crippen molar-refractivity contribution < 1.29 is 13.6 Å². The molecule has 1 amide bonds. The van der Waals surface area contributed by atoms with Gasteiger partial charge in [0.25, 0.3) is 0 Å². The molecule has 4 aromatic carbocycles. The van der Waals surface area contributed by atoms with E-state index in [1.807, 2.05) is 36.4 Å². The van der Waals surface area contributed by atoms with Crippen LogP contribution in [0.25, 0.3) is 0 Å². The zero-order chi connectivity index (χ0) is 31.6. The molecule has 2 atom stereocenters. The number of nitrogens with zero attached hydrogens (tertiary/aromatic N) is 2. The molecule has 1 aliphatic heterocycles. The summed E-state index contributed by atoms with van der Waals surface area (Å²) in [6, 6.07) is 34.1. The van der Waals surface area contributed by atoms with Crippen molar-refractivity contribution in [3.63, 3.8) is 0 Å². The minimum atomic E-state index is -0.668. The molecule has 4 aromatic rings. The van der Waals surface area contributed by atoms with Gasteiger partial charge in [-0.2, -0.15) is 0 Å². The molecule has 1 aliphatic rings. The first-order valence-electron chi connectivity index (χ1n) is 16.1. The van der Waals surface area contributed by atoms with Gasteiger partial charge in [0.05, 0.1) is 5.41 Å². The predicted molar refractivity (Wildman–Crippen MR) is 178 cm³/mol. The number of rotatable bonds is 14. The first-order chi connectivity index (χ1) is 21.8. The number of piperidine rings is 1. The lowest BCUT2D eigenvalue weighted by molar-refractivity contribution is -0.136. The first kappa shape index (κ1) is 32.5. The van der Waals surface area contributed by atoms with E-state index in [9.17, 15) is 13.6 Å². The molecule has 0 aromatic heterocycles. The van der Waals surface area contributed by atoms with Crippen molar-refractivity contribution in [1.82, 2.24) is 15.1 Å². The summed E-state index contributed by atoms with van der Waals surface area (Å²) in [6.07, 6.45) is 4.58. The Hall–Kier alpha value is -3.87. The summed E-state index contributed by atoms with van der Waals surface area (Å²) in [5.41, 5.74) is 3.84.